The average molecular weight is 444 g/mol. The van der Waals surface area contributed by atoms with Crippen LogP contribution in [0.15, 0.2) is 52.2 Å². The number of amides is 1. The quantitative estimate of drug-likeness (QED) is 0.486. The topological polar surface area (TPSA) is 137 Å². The average Bonchev–Trinajstić information content (AvgIpc) is 3.11. The summed E-state index contributed by atoms with van der Waals surface area (Å²) in [5.74, 6) is -0.512. The molecule has 9 nitrogen and oxygen atoms in total. The van der Waals surface area contributed by atoms with Gasteiger partial charge in [0.05, 0.1) is 20.5 Å². The number of rotatable bonds is 5. The van der Waals surface area contributed by atoms with E-state index in [9.17, 15) is 18.0 Å². The molecule has 1 amide bonds. The van der Waals surface area contributed by atoms with Crippen LogP contribution in [0.1, 0.15) is 23.8 Å². The standard InChI is InChI=1S/C19H17N5O4S2/c1-2-9-24-18(26)13-6-4-3-5-12(13)16(23-24)17(25)22-19-21-14-8-7-11(30(20,27)28)10-15(14)29-19/h3-8,10H,2,9H2,1H3,(H2,20,27,28)(H,21,22,25). The van der Waals surface area contributed by atoms with Gasteiger partial charge in [-0.3, -0.25) is 14.9 Å². The molecule has 0 aliphatic carbocycles. The number of thiazole rings is 1. The minimum absolute atomic E-state index is 0.0316. The number of nitrogens with one attached hydrogen (secondary N) is 1. The van der Waals surface area contributed by atoms with Crippen molar-refractivity contribution in [1.29, 1.82) is 0 Å². The summed E-state index contributed by atoms with van der Waals surface area (Å²) >= 11 is 1.11. The van der Waals surface area contributed by atoms with E-state index in [0.717, 1.165) is 11.3 Å². The van der Waals surface area contributed by atoms with Crippen molar-refractivity contribution in [3.05, 3.63) is 58.5 Å². The molecule has 30 heavy (non-hydrogen) atoms. The zero-order valence-corrected chi connectivity index (χ0v) is 17.5. The van der Waals surface area contributed by atoms with Gasteiger partial charge < -0.3 is 0 Å². The Balaban J connectivity index is 1.74. The van der Waals surface area contributed by atoms with E-state index in [0.29, 0.717) is 34.0 Å². The fraction of sp³-hybridized carbons (Fsp3) is 0.158. The van der Waals surface area contributed by atoms with Gasteiger partial charge in [-0.25, -0.2) is 23.2 Å². The third-order valence-electron chi connectivity index (χ3n) is 4.43. The van der Waals surface area contributed by atoms with Gasteiger partial charge in [0.25, 0.3) is 11.5 Å². The molecule has 0 aliphatic rings. The van der Waals surface area contributed by atoms with Crippen molar-refractivity contribution in [3.63, 3.8) is 0 Å². The molecule has 2 heterocycles. The first-order valence-corrected chi connectivity index (χ1v) is 11.4. The van der Waals surface area contributed by atoms with Crippen molar-refractivity contribution >= 4 is 53.4 Å². The van der Waals surface area contributed by atoms with Crippen molar-refractivity contribution in [2.24, 2.45) is 5.14 Å². The van der Waals surface area contributed by atoms with Crippen LogP contribution in [0.5, 0.6) is 0 Å². The highest BCUT2D eigenvalue weighted by Crippen LogP contribution is 2.28. The van der Waals surface area contributed by atoms with Crippen LogP contribution >= 0.6 is 11.3 Å². The van der Waals surface area contributed by atoms with Crippen LogP contribution in [0.4, 0.5) is 5.13 Å². The highest BCUT2D eigenvalue weighted by molar-refractivity contribution is 7.89. The summed E-state index contributed by atoms with van der Waals surface area (Å²) < 4.78 is 24.9. The van der Waals surface area contributed by atoms with E-state index in [1.54, 1.807) is 24.3 Å². The first-order valence-electron chi connectivity index (χ1n) is 9.02. The van der Waals surface area contributed by atoms with Gasteiger partial charge in [-0.1, -0.05) is 36.5 Å². The van der Waals surface area contributed by atoms with Crippen molar-refractivity contribution < 1.29 is 13.2 Å². The lowest BCUT2D eigenvalue weighted by molar-refractivity contribution is 0.102. The molecule has 4 rings (SSSR count). The summed E-state index contributed by atoms with van der Waals surface area (Å²) in [5, 5.41) is 13.3. The fourth-order valence-corrected chi connectivity index (χ4v) is 4.57. The second-order valence-corrected chi connectivity index (χ2v) is 9.16. The maximum atomic E-state index is 13.0. The Morgan fingerprint density at radius 3 is 2.63 bits per heavy atom. The lowest BCUT2D eigenvalue weighted by Gasteiger charge is -2.09. The smallest absolute Gasteiger partial charge is 0.278 e. The SMILES string of the molecule is CCCn1nc(C(=O)Nc2nc3ccc(S(N)(=O)=O)cc3s2)c2ccccc2c1=O. The molecule has 0 aliphatic heterocycles. The van der Waals surface area contributed by atoms with Gasteiger partial charge in [0.2, 0.25) is 10.0 Å². The second-order valence-electron chi connectivity index (χ2n) is 6.57. The van der Waals surface area contributed by atoms with Crippen LogP contribution in [-0.4, -0.2) is 29.1 Å². The molecule has 0 spiro atoms. The maximum Gasteiger partial charge on any atom is 0.278 e. The number of hydrogen-bond acceptors (Lipinski definition) is 7. The summed E-state index contributed by atoms with van der Waals surface area (Å²) in [7, 11) is -3.84. The molecule has 0 unspecified atom stereocenters. The van der Waals surface area contributed by atoms with Crippen LogP contribution in [0.2, 0.25) is 0 Å². The summed E-state index contributed by atoms with van der Waals surface area (Å²) in [5.41, 5.74) is 0.388. The summed E-state index contributed by atoms with van der Waals surface area (Å²) in [4.78, 5) is 29.8. The van der Waals surface area contributed by atoms with Crippen LogP contribution in [-0.2, 0) is 16.6 Å². The number of primary sulfonamides is 1. The van der Waals surface area contributed by atoms with E-state index < -0.39 is 15.9 Å². The summed E-state index contributed by atoms with van der Waals surface area (Å²) in [6.45, 7) is 2.31. The molecule has 2 aromatic carbocycles. The predicted octanol–water partition coefficient (Wildman–Crippen LogP) is 2.32. The molecule has 0 fully saturated rings. The number of aryl methyl sites for hydroxylation is 1. The molecule has 2 aromatic heterocycles. The molecule has 0 atom stereocenters. The Kier molecular flexibility index (Phi) is 5.10. The number of benzene rings is 2. The van der Waals surface area contributed by atoms with E-state index in [1.807, 2.05) is 6.92 Å². The van der Waals surface area contributed by atoms with E-state index >= 15 is 0 Å². The Bertz CT molecular complexity index is 1460. The minimum Gasteiger partial charge on any atom is -0.296 e. The number of aromatic nitrogens is 3. The van der Waals surface area contributed by atoms with Gasteiger partial charge in [0.1, 0.15) is 0 Å². The van der Waals surface area contributed by atoms with Gasteiger partial charge in [0.15, 0.2) is 10.8 Å². The number of fused-ring (bicyclic) bond motifs is 2. The zero-order chi connectivity index (χ0) is 21.5. The van der Waals surface area contributed by atoms with Gasteiger partial charge in [-0.2, -0.15) is 5.10 Å². The van der Waals surface area contributed by atoms with Crippen LogP contribution < -0.4 is 16.0 Å². The van der Waals surface area contributed by atoms with Crippen LogP contribution in [0.3, 0.4) is 0 Å². The number of anilines is 1. The Morgan fingerprint density at radius 2 is 1.93 bits per heavy atom. The first kappa shape index (κ1) is 20.1. The number of carbonyl (C=O) groups excluding carboxylic acids is 1. The molecule has 0 saturated carbocycles. The minimum atomic E-state index is -3.84. The van der Waals surface area contributed by atoms with Crippen LogP contribution in [0.25, 0.3) is 21.0 Å². The molecule has 0 radical (unpaired) electrons. The molecule has 154 valence electrons. The zero-order valence-electron chi connectivity index (χ0n) is 15.8. The van der Waals surface area contributed by atoms with Crippen molar-refractivity contribution in [3.8, 4) is 0 Å². The van der Waals surface area contributed by atoms with Gasteiger partial charge in [-0.15, -0.1) is 0 Å². The fourth-order valence-electron chi connectivity index (χ4n) is 3.06. The number of hydrogen-bond donors (Lipinski definition) is 2. The monoisotopic (exact) mass is 443 g/mol. The highest BCUT2D eigenvalue weighted by Gasteiger charge is 2.18. The maximum absolute atomic E-state index is 13.0. The molecule has 0 saturated heterocycles. The molecule has 3 N–H and O–H groups in total. The van der Waals surface area contributed by atoms with Gasteiger partial charge >= 0.3 is 0 Å². The van der Waals surface area contributed by atoms with Crippen molar-refractivity contribution in [2.45, 2.75) is 24.8 Å². The molecule has 0 bridgehead atoms. The van der Waals surface area contributed by atoms with E-state index in [4.69, 9.17) is 5.14 Å². The van der Waals surface area contributed by atoms with Gasteiger partial charge in [-0.05, 0) is 30.7 Å². The second kappa shape index (κ2) is 7.59. The van der Waals surface area contributed by atoms with E-state index in [-0.39, 0.29) is 21.3 Å². The summed E-state index contributed by atoms with van der Waals surface area (Å²) in [6, 6.07) is 11.1. The molecular weight excluding hydrogens is 426 g/mol. The van der Waals surface area contributed by atoms with Gasteiger partial charge in [0, 0.05) is 11.9 Å². The Hall–Kier alpha value is -3.15. The summed E-state index contributed by atoms with van der Waals surface area (Å²) in [6.07, 6.45) is 0.691. The highest BCUT2D eigenvalue weighted by atomic mass is 32.2. The lowest BCUT2D eigenvalue weighted by Crippen LogP contribution is -2.27. The Labute approximate surface area is 175 Å². The number of nitrogens with two attached hydrogens (primary N) is 1. The van der Waals surface area contributed by atoms with Crippen molar-refractivity contribution in [2.75, 3.05) is 5.32 Å². The third kappa shape index (κ3) is 3.70. The largest absolute Gasteiger partial charge is 0.296 e. The van der Waals surface area contributed by atoms with E-state index in [1.165, 1.54) is 22.9 Å². The number of nitrogens with zero attached hydrogens (tertiary/aromatic N) is 3. The van der Waals surface area contributed by atoms with Crippen LogP contribution in [0, 0.1) is 0 Å². The Morgan fingerprint density at radius 1 is 1.20 bits per heavy atom. The number of carbonyl (C=O) groups is 1. The van der Waals surface area contributed by atoms with E-state index in [2.05, 4.69) is 15.4 Å². The first-order chi connectivity index (χ1) is 14.3. The number of sulfonamides is 1. The lowest BCUT2D eigenvalue weighted by atomic mass is 10.1. The van der Waals surface area contributed by atoms with Crippen molar-refractivity contribution in [1.82, 2.24) is 14.8 Å². The third-order valence-corrected chi connectivity index (χ3v) is 6.27. The normalized spacial score (nSPS) is 11.8. The molecule has 11 heteroatoms. The molecular formula is C19H17N5O4S2. The predicted molar refractivity (Wildman–Crippen MR) is 115 cm³/mol. The molecule has 4 aromatic rings.